The predicted molar refractivity (Wildman–Crippen MR) is 62.2 cm³/mol. The van der Waals surface area contributed by atoms with Gasteiger partial charge in [-0.15, -0.1) is 0 Å². The molecule has 0 aliphatic carbocycles. The molecule has 1 amide bonds. The molecule has 0 atom stereocenters. The van der Waals surface area contributed by atoms with Crippen molar-refractivity contribution in [3.05, 3.63) is 39.4 Å². The average molecular weight is 252 g/mol. The second kappa shape index (κ2) is 5.76. The third kappa shape index (κ3) is 3.27. The fourth-order valence-electron chi connectivity index (χ4n) is 1.22. The van der Waals surface area contributed by atoms with Gasteiger partial charge >= 0.3 is 5.97 Å². The van der Waals surface area contributed by atoms with E-state index in [9.17, 15) is 19.7 Å². The van der Waals surface area contributed by atoms with Crippen LogP contribution in [0.4, 0.5) is 5.69 Å². The van der Waals surface area contributed by atoms with Crippen molar-refractivity contribution >= 4 is 17.6 Å². The molecular weight excluding hydrogens is 240 g/mol. The number of benzene rings is 1. The maximum absolute atomic E-state index is 11.5. The van der Waals surface area contributed by atoms with Crippen LogP contribution in [0.2, 0.25) is 0 Å². The van der Waals surface area contributed by atoms with Gasteiger partial charge in [0.05, 0.1) is 10.5 Å². The minimum absolute atomic E-state index is 0.0382. The Morgan fingerprint density at radius 2 is 2.11 bits per heavy atom. The second-order valence-corrected chi connectivity index (χ2v) is 3.51. The first kappa shape index (κ1) is 13.6. The molecule has 0 spiro atoms. The van der Waals surface area contributed by atoms with E-state index in [4.69, 9.17) is 0 Å². The number of nitro benzene ring substituents is 1. The Bertz CT molecular complexity index is 498. The standard InChI is InChI=1S/C11H12N2O5/c1-7-3-4-8(5-9(7)13(16)17)11(15)18-6-10(14)12-2/h3-5H,6H2,1-2H3,(H,12,14). The van der Waals surface area contributed by atoms with Crippen molar-refractivity contribution in [1.82, 2.24) is 5.32 Å². The number of carbonyl (C=O) groups is 2. The highest BCUT2D eigenvalue weighted by Crippen LogP contribution is 2.19. The molecule has 1 aromatic carbocycles. The topological polar surface area (TPSA) is 98.5 Å². The number of esters is 1. The van der Waals surface area contributed by atoms with E-state index >= 15 is 0 Å². The molecule has 0 aromatic heterocycles. The molecule has 18 heavy (non-hydrogen) atoms. The van der Waals surface area contributed by atoms with Crippen molar-refractivity contribution < 1.29 is 19.2 Å². The number of likely N-dealkylation sites (N-methyl/N-ethyl adjacent to an activating group) is 1. The van der Waals surface area contributed by atoms with Gasteiger partial charge in [0.25, 0.3) is 11.6 Å². The van der Waals surface area contributed by atoms with E-state index in [1.54, 1.807) is 6.92 Å². The Morgan fingerprint density at radius 3 is 2.67 bits per heavy atom. The van der Waals surface area contributed by atoms with E-state index in [0.717, 1.165) is 6.07 Å². The molecule has 0 saturated heterocycles. The van der Waals surface area contributed by atoms with Gasteiger partial charge in [0.15, 0.2) is 6.61 Å². The van der Waals surface area contributed by atoms with E-state index < -0.39 is 23.4 Å². The summed E-state index contributed by atoms with van der Waals surface area (Å²) in [6.07, 6.45) is 0. The van der Waals surface area contributed by atoms with Crippen molar-refractivity contribution in [2.75, 3.05) is 13.7 Å². The van der Waals surface area contributed by atoms with E-state index in [-0.39, 0.29) is 11.3 Å². The van der Waals surface area contributed by atoms with Crippen LogP contribution in [-0.2, 0) is 9.53 Å². The van der Waals surface area contributed by atoms with E-state index in [0.29, 0.717) is 5.56 Å². The van der Waals surface area contributed by atoms with Crippen LogP contribution in [0.15, 0.2) is 18.2 Å². The summed E-state index contributed by atoms with van der Waals surface area (Å²) < 4.78 is 4.68. The summed E-state index contributed by atoms with van der Waals surface area (Å²) in [6.45, 7) is 1.15. The van der Waals surface area contributed by atoms with Gasteiger partial charge in [-0.25, -0.2) is 4.79 Å². The number of amides is 1. The summed E-state index contributed by atoms with van der Waals surface area (Å²) in [5.74, 6) is -1.23. The molecule has 96 valence electrons. The van der Waals surface area contributed by atoms with Crippen LogP contribution in [-0.4, -0.2) is 30.5 Å². The molecule has 0 fully saturated rings. The average Bonchev–Trinajstić information content (AvgIpc) is 2.35. The number of nitrogens with zero attached hydrogens (tertiary/aromatic N) is 1. The molecule has 0 aliphatic rings. The fourth-order valence-corrected chi connectivity index (χ4v) is 1.22. The largest absolute Gasteiger partial charge is 0.452 e. The predicted octanol–water partition coefficient (Wildman–Crippen LogP) is 0.806. The van der Waals surface area contributed by atoms with E-state index in [1.807, 2.05) is 0 Å². The summed E-state index contributed by atoms with van der Waals surface area (Å²) in [5, 5.41) is 13.0. The van der Waals surface area contributed by atoms with Crippen LogP contribution in [0.1, 0.15) is 15.9 Å². The smallest absolute Gasteiger partial charge is 0.338 e. The zero-order valence-corrected chi connectivity index (χ0v) is 9.93. The summed E-state index contributed by atoms with van der Waals surface area (Å²) in [7, 11) is 1.41. The van der Waals surface area contributed by atoms with E-state index in [2.05, 4.69) is 10.1 Å². The molecule has 1 N–H and O–H groups in total. The van der Waals surface area contributed by atoms with Crippen molar-refractivity contribution in [3.8, 4) is 0 Å². The fraction of sp³-hybridized carbons (Fsp3) is 0.273. The normalized spacial score (nSPS) is 9.67. The van der Waals surface area contributed by atoms with Crippen molar-refractivity contribution in [1.29, 1.82) is 0 Å². The van der Waals surface area contributed by atoms with Crippen LogP contribution in [0.25, 0.3) is 0 Å². The van der Waals surface area contributed by atoms with Gasteiger partial charge in [0, 0.05) is 18.7 Å². The summed E-state index contributed by atoms with van der Waals surface area (Å²) in [6, 6.07) is 3.99. The van der Waals surface area contributed by atoms with Gasteiger partial charge in [-0.2, -0.15) is 0 Å². The number of rotatable bonds is 4. The summed E-state index contributed by atoms with van der Waals surface area (Å²) in [4.78, 5) is 32.5. The van der Waals surface area contributed by atoms with Gasteiger partial charge in [-0.3, -0.25) is 14.9 Å². The molecule has 1 rings (SSSR count). The summed E-state index contributed by atoms with van der Waals surface area (Å²) >= 11 is 0. The van der Waals surface area contributed by atoms with Gasteiger partial charge in [-0.05, 0) is 13.0 Å². The van der Waals surface area contributed by atoms with Crippen LogP contribution in [0, 0.1) is 17.0 Å². The number of ether oxygens (including phenoxy) is 1. The monoisotopic (exact) mass is 252 g/mol. The van der Waals surface area contributed by atoms with Gasteiger partial charge in [0.1, 0.15) is 0 Å². The lowest BCUT2D eigenvalue weighted by molar-refractivity contribution is -0.385. The number of nitrogens with one attached hydrogen (secondary N) is 1. The first-order valence-corrected chi connectivity index (χ1v) is 5.08. The highest BCUT2D eigenvalue weighted by atomic mass is 16.6. The van der Waals surface area contributed by atoms with Gasteiger partial charge < -0.3 is 10.1 Å². The molecular formula is C11H12N2O5. The van der Waals surface area contributed by atoms with Crippen molar-refractivity contribution in [2.24, 2.45) is 0 Å². The molecule has 0 heterocycles. The second-order valence-electron chi connectivity index (χ2n) is 3.51. The highest BCUT2D eigenvalue weighted by Gasteiger charge is 2.16. The summed E-state index contributed by atoms with van der Waals surface area (Å²) in [5.41, 5.74) is 0.323. The lowest BCUT2D eigenvalue weighted by Crippen LogP contribution is -2.25. The Hall–Kier alpha value is -2.44. The third-order valence-corrected chi connectivity index (χ3v) is 2.25. The van der Waals surface area contributed by atoms with Crippen LogP contribution in [0.5, 0.6) is 0 Å². The molecule has 0 bridgehead atoms. The number of aryl methyl sites for hydroxylation is 1. The van der Waals surface area contributed by atoms with Crippen LogP contribution < -0.4 is 5.32 Å². The van der Waals surface area contributed by atoms with Crippen LogP contribution in [0.3, 0.4) is 0 Å². The number of nitro groups is 1. The molecule has 0 saturated carbocycles. The van der Waals surface area contributed by atoms with Crippen LogP contribution >= 0.6 is 0 Å². The molecule has 0 radical (unpaired) electrons. The molecule has 7 heteroatoms. The minimum atomic E-state index is -0.776. The first-order valence-electron chi connectivity index (χ1n) is 5.08. The van der Waals surface area contributed by atoms with Crippen molar-refractivity contribution in [3.63, 3.8) is 0 Å². The minimum Gasteiger partial charge on any atom is -0.452 e. The zero-order valence-electron chi connectivity index (χ0n) is 9.93. The molecule has 0 unspecified atom stereocenters. The lowest BCUT2D eigenvalue weighted by Gasteiger charge is -2.04. The third-order valence-electron chi connectivity index (χ3n) is 2.25. The number of hydrogen-bond donors (Lipinski definition) is 1. The zero-order chi connectivity index (χ0) is 13.7. The van der Waals surface area contributed by atoms with Gasteiger partial charge in [0.2, 0.25) is 0 Å². The molecule has 7 nitrogen and oxygen atoms in total. The maximum atomic E-state index is 11.5. The number of hydrogen-bond acceptors (Lipinski definition) is 5. The Kier molecular flexibility index (Phi) is 4.36. The Balaban J connectivity index is 2.84. The van der Waals surface area contributed by atoms with E-state index in [1.165, 1.54) is 19.2 Å². The lowest BCUT2D eigenvalue weighted by atomic mass is 10.1. The first-order chi connectivity index (χ1) is 8.45. The SMILES string of the molecule is CNC(=O)COC(=O)c1ccc(C)c([N+](=O)[O-])c1. The quantitative estimate of drug-likeness (QED) is 0.485. The Morgan fingerprint density at radius 1 is 1.44 bits per heavy atom. The molecule has 0 aliphatic heterocycles. The highest BCUT2D eigenvalue weighted by molar-refractivity contribution is 5.92. The van der Waals surface area contributed by atoms with Gasteiger partial charge in [-0.1, -0.05) is 6.07 Å². The molecule has 1 aromatic rings. The Labute approximate surface area is 103 Å². The van der Waals surface area contributed by atoms with Crippen molar-refractivity contribution in [2.45, 2.75) is 6.92 Å². The maximum Gasteiger partial charge on any atom is 0.338 e. The number of carbonyl (C=O) groups excluding carboxylic acids is 2.